The Balaban J connectivity index is 1.58. The van der Waals surface area contributed by atoms with E-state index in [9.17, 15) is 9.59 Å². The number of halogens is 2. The third-order valence-corrected chi connectivity index (χ3v) is 7.55. The molecular weight excluding hydrogens is 532 g/mol. The molecule has 0 spiro atoms. The zero-order valence-electron chi connectivity index (χ0n) is 18.3. The van der Waals surface area contributed by atoms with E-state index in [1.165, 1.54) is 11.1 Å². The van der Waals surface area contributed by atoms with Gasteiger partial charge in [0.25, 0.3) is 11.1 Å². The molecule has 0 saturated carbocycles. The molecule has 3 aromatic carbocycles. The summed E-state index contributed by atoms with van der Waals surface area (Å²) < 4.78 is 3.26. The monoisotopic (exact) mass is 550 g/mol. The van der Waals surface area contributed by atoms with Crippen LogP contribution in [0.1, 0.15) is 23.6 Å². The number of imide groups is 1. The molecule has 1 fully saturated rings. The average molecular weight is 552 g/mol. The summed E-state index contributed by atoms with van der Waals surface area (Å²) in [5, 5.41) is 1.07. The molecule has 0 bridgehead atoms. The predicted octanol–water partition coefficient (Wildman–Crippen LogP) is 7.91. The van der Waals surface area contributed by atoms with Crippen LogP contribution in [0, 0.1) is 0 Å². The molecule has 7 heteroatoms. The van der Waals surface area contributed by atoms with Crippen molar-refractivity contribution in [3.05, 3.63) is 104 Å². The first-order valence-electron chi connectivity index (χ1n) is 10.8. The van der Waals surface area contributed by atoms with E-state index in [1.54, 1.807) is 24.3 Å². The van der Waals surface area contributed by atoms with Crippen LogP contribution in [0.25, 0.3) is 17.0 Å². The van der Waals surface area contributed by atoms with E-state index in [2.05, 4.69) is 57.9 Å². The van der Waals surface area contributed by atoms with Gasteiger partial charge in [0.05, 0.1) is 21.1 Å². The minimum Gasteiger partial charge on any atom is -0.342 e. The number of carbonyl (C=O) groups excluding carboxylic acids is 2. The van der Waals surface area contributed by atoms with Crippen LogP contribution in [0.2, 0.25) is 5.02 Å². The van der Waals surface area contributed by atoms with Crippen LogP contribution in [0.4, 0.5) is 10.5 Å². The molecule has 4 nitrogen and oxygen atoms in total. The molecule has 34 heavy (non-hydrogen) atoms. The van der Waals surface area contributed by atoms with E-state index in [0.29, 0.717) is 22.2 Å². The fourth-order valence-corrected chi connectivity index (χ4v) is 5.54. The second-order valence-electron chi connectivity index (χ2n) is 7.97. The number of hydrogen-bond donors (Lipinski definition) is 0. The topological polar surface area (TPSA) is 42.3 Å². The van der Waals surface area contributed by atoms with E-state index in [0.717, 1.165) is 44.0 Å². The van der Waals surface area contributed by atoms with Crippen LogP contribution in [0.5, 0.6) is 0 Å². The summed E-state index contributed by atoms with van der Waals surface area (Å²) in [5.41, 5.74) is 4.87. The number of amides is 2. The minimum atomic E-state index is -0.358. The summed E-state index contributed by atoms with van der Waals surface area (Å²) in [7, 11) is 0. The highest BCUT2D eigenvalue weighted by atomic mass is 79.9. The van der Waals surface area contributed by atoms with E-state index >= 15 is 0 Å². The van der Waals surface area contributed by atoms with Gasteiger partial charge in [-0.3, -0.25) is 9.59 Å². The zero-order chi connectivity index (χ0) is 23.8. The van der Waals surface area contributed by atoms with Crippen LogP contribution in [-0.2, 0) is 17.8 Å². The Hall–Kier alpha value is -2.80. The highest BCUT2D eigenvalue weighted by Crippen LogP contribution is 2.39. The van der Waals surface area contributed by atoms with Crippen molar-refractivity contribution in [2.45, 2.75) is 19.9 Å². The predicted molar refractivity (Wildman–Crippen MR) is 144 cm³/mol. The first-order valence-corrected chi connectivity index (χ1v) is 12.8. The number of aromatic nitrogens is 1. The number of fused-ring (bicyclic) bond motifs is 1. The van der Waals surface area contributed by atoms with Crippen molar-refractivity contribution in [1.29, 1.82) is 0 Å². The summed E-state index contributed by atoms with van der Waals surface area (Å²) in [6, 6.07) is 21.4. The summed E-state index contributed by atoms with van der Waals surface area (Å²) in [5.74, 6) is -0.358. The lowest BCUT2D eigenvalue weighted by molar-refractivity contribution is -0.113. The van der Waals surface area contributed by atoms with E-state index in [-0.39, 0.29) is 11.1 Å². The Morgan fingerprint density at radius 1 is 1.00 bits per heavy atom. The highest BCUT2D eigenvalue weighted by Gasteiger charge is 2.37. The average Bonchev–Trinajstić information content (AvgIpc) is 3.32. The number of carbonyl (C=O) groups is 2. The number of aryl methyl sites for hydroxylation is 1. The molecule has 0 N–H and O–H groups in total. The number of rotatable bonds is 5. The van der Waals surface area contributed by atoms with Crippen LogP contribution >= 0.6 is 39.3 Å². The number of anilines is 1. The van der Waals surface area contributed by atoms with Gasteiger partial charge in [-0.1, -0.05) is 76.9 Å². The van der Waals surface area contributed by atoms with E-state index in [4.69, 9.17) is 11.6 Å². The Bertz CT molecular complexity index is 1460. The molecule has 170 valence electrons. The lowest BCUT2D eigenvalue weighted by atomic mass is 10.1. The molecule has 2 heterocycles. The third kappa shape index (κ3) is 4.22. The Labute approximate surface area is 215 Å². The molecule has 4 aromatic rings. The number of benzene rings is 3. The Kier molecular flexibility index (Phi) is 6.38. The Morgan fingerprint density at radius 2 is 1.76 bits per heavy atom. The molecule has 1 aromatic heterocycles. The van der Waals surface area contributed by atoms with Crippen LogP contribution in [0.15, 0.2) is 82.3 Å². The zero-order valence-corrected chi connectivity index (χ0v) is 21.5. The van der Waals surface area contributed by atoms with Gasteiger partial charge in [0.15, 0.2) is 0 Å². The fourth-order valence-electron chi connectivity index (χ4n) is 4.23. The Morgan fingerprint density at radius 3 is 2.50 bits per heavy atom. The molecule has 1 saturated heterocycles. The van der Waals surface area contributed by atoms with Crippen LogP contribution in [0.3, 0.4) is 0 Å². The van der Waals surface area contributed by atoms with Gasteiger partial charge in [-0.25, -0.2) is 4.90 Å². The molecule has 0 unspecified atom stereocenters. The second-order valence-corrected chi connectivity index (χ2v) is 10.3. The maximum Gasteiger partial charge on any atom is 0.298 e. The molecule has 1 aliphatic rings. The van der Waals surface area contributed by atoms with Gasteiger partial charge in [-0.15, -0.1) is 0 Å². The largest absolute Gasteiger partial charge is 0.342 e. The van der Waals surface area contributed by atoms with Gasteiger partial charge in [0.1, 0.15) is 0 Å². The molecular formula is C27H20BrClN2O2S. The third-order valence-electron chi connectivity index (χ3n) is 5.83. The second kappa shape index (κ2) is 9.45. The van der Waals surface area contributed by atoms with Crippen molar-refractivity contribution in [3.63, 3.8) is 0 Å². The molecule has 5 rings (SSSR count). The van der Waals surface area contributed by atoms with E-state index < -0.39 is 0 Å². The number of thioether (sulfide) groups is 1. The van der Waals surface area contributed by atoms with Crippen molar-refractivity contribution >= 4 is 73.1 Å². The van der Waals surface area contributed by atoms with Gasteiger partial charge in [0, 0.05) is 28.2 Å². The smallest absolute Gasteiger partial charge is 0.298 e. The van der Waals surface area contributed by atoms with Gasteiger partial charge >= 0.3 is 0 Å². The standard InChI is InChI=1S/C27H20BrClN2O2S/c1-2-18-6-5-7-21-19(16-30(25(18)21)15-17-10-12-20(28)13-11-17)14-24-26(32)31(27(33)34-24)23-9-4-3-8-22(23)29/h3-14,16H,2,15H2,1H3/b24-14-. The first-order chi connectivity index (χ1) is 16.5. The van der Waals surface area contributed by atoms with Crippen molar-refractivity contribution in [2.75, 3.05) is 4.90 Å². The van der Waals surface area contributed by atoms with Gasteiger partial charge in [-0.05, 0) is 59.7 Å². The fraction of sp³-hybridized carbons (Fsp3) is 0.111. The van der Waals surface area contributed by atoms with Crippen molar-refractivity contribution in [1.82, 2.24) is 4.57 Å². The van der Waals surface area contributed by atoms with Gasteiger partial charge in [0.2, 0.25) is 0 Å². The van der Waals surface area contributed by atoms with Crippen LogP contribution in [-0.4, -0.2) is 15.7 Å². The van der Waals surface area contributed by atoms with Crippen molar-refractivity contribution < 1.29 is 9.59 Å². The summed E-state index contributed by atoms with van der Waals surface area (Å²) in [6.45, 7) is 2.84. The lowest BCUT2D eigenvalue weighted by Crippen LogP contribution is -2.27. The lowest BCUT2D eigenvalue weighted by Gasteiger charge is -2.13. The molecule has 2 amide bonds. The van der Waals surface area contributed by atoms with Crippen molar-refractivity contribution in [2.24, 2.45) is 0 Å². The highest BCUT2D eigenvalue weighted by molar-refractivity contribution is 9.10. The van der Waals surface area contributed by atoms with Gasteiger partial charge < -0.3 is 4.57 Å². The molecule has 0 radical (unpaired) electrons. The normalized spacial score (nSPS) is 15.1. The summed E-state index contributed by atoms with van der Waals surface area (Å²) >= 11 is 10.7. The maximum absolute atomic E-state index is 13.2. The number of nitrogens with zero attached hydrogens (tertiary/aromatic N) is 2. The maximum atomic E-state index is 13.2. The van der Waals surface area contributed by atoms with E-state index in [1.807, 2.05) is 24.3 Å². The summed E-state index contributed by atoms with van der Waals surface area (Å²) in [4.78, 5) is 27.5. The summed E-state index contributed by atoms with van der Waals surface area (Å²) in [6.07, 6.45) is 4.78. The first kappa shape index (κ1) is 23.0. The minimum absolute atomic E-state index is 0.350. The molecule has 0 atom stereocenters. The van der Waals surface area contributed by atoms with Crippen molar-refractivity contribution in [3.8, 4) is 0 Å². The van der Waals surface area contributed by atoms with Crippen LogP contribution < -0.4 is 4.90 Å². The molecule has 1 aliphatic heterocycles. The number of hydrogen-bond acceptors (Lipinski definition) is 3. The van der Waals surface area contributed by atoms with Gasteiger partial charge in [-0.2, -0.15) is 0 Å². The quantitative estimate of drug-likeness (QED) is 0.237. The number of para-hydroxylation sites is 2. The SMILES string of the molecule is CCc1cccc2c(/C=C3\SC(=O)N(c4ccccc4Cl)C3=O)cn(Cc3ccc(Br)cc3)c12. The molecule has 0 aliphatic carbocycles.